The summed E-state index contributed by atoms with van der Waals surface area (Å²) in [6.07, 6.45) is 4.32. The molecule has 0 aliphatic carbocycles. The summed E-state index contributed by atoms with van der Waals surface area (Å²) in [6.45, 7) is 2.81. The molecule has 0 N–H and O–H groups in total. The third kappa shape index (κ3) is 3.19. The van der Waals surface area contributed by atoms with Crippen LogP contribution in [0.15, 0.2) is 23.6 Å². The molecule has 3 nitrogen and oxygen atoms in total. The monoisotopic (exact) mass is 181 g/mol. The normalized spacial score (nSPS) is 10.7. The van der Waals surface area contributed by atoms with E-state index in [4.69, 9.17) is 0 Å². The predicted molar refractivity (Wildman–Crippen MR) is 50.1 cm³/mol. The Kier molecular flexibility index (Phi) is 3.37. The Morgan fingerprint density at radius 3 is 3.00 bits per heavy atom. The Hall–Kier alpha value is -1.45. The summed E-state index contributed by atoms with van der Waals surface area (Å²) >= 11 is 0. The maximum Gasteiger partial charge on any atom is 0.142 e. The second-order valence-electron chi connectivity index (χ2n) is 2.65. The van der Waals surface area contributed by atoms with Crippen LogP contribution in [0.5, 0.6) is 0 Å². The lowest BCUT2D eigenvalue weighted by molar-refractivity contribution is 0.377. The van der Waals surface area contributed by atoms with E-state index in [1.807, 2.05) is 14.0 Å². The fourth-order valence-corrected chi connectivity index (χ4v) is 0.746. The number of hydrogen-bond acceptors (Lipinski definition) is 3. The van der Waals surface area contributed by atoms with Gasteiger partial charge in [0.2, 0.25) is 0 Å². The van der Waals surface area contributed by atoms with E-state index in [0.29, 0.717) is 5.56 Å². The van der Waals surface area contributed by atoms with Gasteiger partial charge < -0.3 is 5.01 Å². The van der Waals surface area contributed by atoms with Crippen LogP contribution in [-0.4, -0.2) is 29.8 Å². The van der Waals surface area contributed by atoms with E-state index in [9.17, 15) is 4.39 Å². The smallest absolute Gasteiger partial charge is 0.142 e. The molecule has 1 aromatic heterocycles. The number of aromatic nitrogens is 1. The Morgan fingerprint density at radius 2 is 2.38 bits per heavy atom. The van der Waals surface area contributed by atoms with E-state index in [-0.39, 0.29) is 5.82 Å². The molecule has 1 aromatic rings. The molecular weight excluding hydrogens is 169 g/mol. The van der Waals surface area contributed by atoms with Crippen LogP contribution in [0.2, 0.25) is 0 Å². The molecule has 70 valence electrons. The van der Waals surface area contributed by atoms with Crippen LogP contribution in [0.1, 0.15) is 12.5 Å². The first kappa shape index (κ1) is 9.64. The van der Waals surface area contributed by atoms with Gasteiger partial charge in [0.1, 0.15) is 5.82 Å². The quantitative estimate of drug-likeness (QED) is 0.522. The lowest BCUT2D eigenvalue weighted by atomic mass is 10.3. The zero-order valence-corrected chi connectivity index (χ0v) is 7.74. The molecule has 13 heavy (non-hydrogen) atoms. The van der Waals surface area contributed by atoms with Crippen LogP contribution in [0, 0.1) is 5.82 Å². The molecule has 0 spiro atoms. The van der Waals surface area contributed by atoms with Crippen molar-refractivity contribution in [2.75, 3.05) is 13.6 Å². The maximum atomic E-state index is 12.6. The van der Waals surface area contributed by atoms with E-state index < -0.39 is 0 Å². The van der Waals surface area contributed by atoms with Crippen molar-refractivity contribution in [1.82, 2.24) is 9.99 Å². The van der Waals surface area contributed by atoms with Gasteiger partial charge in [0.15, 0.2) is 0 Å². The highest BCUT2D eigenvalue weighted by molar-refractivity contribution is 5.78. The van der Waals surface area contributed by atoms with Crippen LogP contribution in [0.3, 0.4) is 0 Å². The van der Waals surface area contributed by atoms with E-state index >= 15 is 0 Å². The molecule has 1 heterocycles. The Bertz CT molecular complexity index is 299. The van der Waals surface area contributed by atoms with Crippen molar-refractivity contribution in [1.29, 1.82) is 0 Å². The summed E-state index contributed by atoms with van der Waals surface area (Å²) in [4.78, 5) is 3.70. The van der Waals surface area contributed by atoms with Crippen LogP contribution >= 0.6 is 0 Å². The molecule has 4 heteroatoms. The Balaban J connectivity index is 2.68. The third-order valence-corrected chi connectivity index (χ3v) is 1.59. The van der Waals surface area contributed by atoms with Crippen molar-refractivity contribution in [2.24, 2.45) is 5.10 Å². The number of rotatable bonds is 3. The fourth-order valence-electron chi connectivity index (χ4n) is 0.746. The molecule has 0 unspecified atom stereocenters. The minimum atomic E-state index is -0.344. The van der Waals surface area contributed by atoms with E-state index in [1.54, 1.807) is 17.4 Å². The largest absolute Gasteiger partial charge is 0.300 e. The summed E-state index contributed by atoms with van der Waals surface area (Å²) in [6, 6.07) is 1.39. The van der Waals surface area contributed by atoms with Gasteiger partial charge in [0, 0.05) is 25.4 Å². The van der Waals surface area contributed by atoms with Crippen LogP contribution < -0.4 is 0 Å². The van der Waals surface area contributed by atoms with E-state index in [2.05, 4.69) is 10.1 Å². The maximum absolute atomic E-state index is 12.6. The first-order chi connectivity index (χ1) is 6.22. The minimum absolute atomic E-state index is 0.344. The van der Waals surface area contributed by atoms with Crippen molar-refractivity contribution < 1.29 is 4.39 Å². The summed E-state index contributed by atoms with van der Waals surface area (Å²) in [5.74, 6) is -0.344. The SMILES string of the molecule is CCN(C)/N=C/c1cncc(F)c1. The summed E-state index contributed by atoms with van der Waals surface area (Å²) < 4.78 is 12.6. The highest BCUT2D eigenvalue weighted by Crippen LogP contribution is 1.97. The third-order valence-electron chi connectivity index (χ3n) is 1.59. The molecule has 0 aliphatic rings. The predicted octanol–water partition coefficient (Wildman–Crippen LogP) is 1.51. The first-order valence-electron chi connectivity index (χ1n) is 4.08. The molecular formula is C9H12FN3. The zero-order valence-electron chi connectivity index (χ0n) is 7.74. The number of nitrogens with zero attached hydrogens (tertiary/aromatic N) is 3. The molecule has 0 saturated heterocycles. The van der Waals surface area contributed by atoms with Crippen LogP contribution in [-0.2, 0) is 0 Å². The molecule has 1 rings (SSSR count). The number of hydrogen-bond donors (Lipinski definition) is 0. The topological polar surface area (TPSA) is 28.5 Å². The average Bonchev–Trinajstić information content (AvgIpc) is 2.14. The average molecular weight is 181 g/mol. The van der Waals surface area contributed by atoms with Gasteiger partial charge in [-0.15, -0.1) is 0 Å². The summed E-state index contributed by atoms with van der Waals surface area (Å²) in [5, 5.41) is 5.81. The minimum Gasteiger partial charge on any atom is -0.300 e. The standard InChI is InChI=1S/C9H12FN3/c1-3-13(2)12-6-8-4-9(10)7-11-5-8/h4-7H,3H2,1-2H3/b12-6+. The lowest BCUT2D eigenvalue weighted by Crippen LogP contribution is -2.09. The van der Waals surface area contributed by atoms with Crippen molar-refractivity contribution >= 4 is 6.21 Å². The van der Waals surface area contributed by atoms with Gasteiger partial charge in [-0.3, -0.25) is 4.98 Å². The molecule has 0 aliphatic heterocycles. The van der Waals surface area contributed by atoms with Gasteiger partial charge in [-0.05, 0) is 13.0 Å². The fraction of sp³-hybridized carbons (Fsp3) is 0.333. The molecule has 0 saturated carbocycles. The Morgan fingerprint density at radius 1 is 1.62 bits per heavy atom. The molecule has 0 atom stereocenters. The molecule has 0 fully saturated rings. The summed E-state index contributed by atoms with van der Waals surface area (Å²) in [5.41, 5.74) is 0.667. The lowest BCUT2D eigenvalue weighted by Gasteiger charge is -2.07. The van der Waals surface area contributed by atoms with Crippen LogP contribution in [0.25, 0.3) is 0 Å². The van der Waals surface area contributed by atoms with Gasteiger partial charge >= 0.3 is 0 Å². The van der Waals surface area contributed by atoms with Gasteiger partial charge in [0.05, 0.1) is 12.4 Å². The summed E-state index contributed by atoms with van der Waals surface area (Å²) in [7, 11) is 1.85. The van der Waals surface area contributed by atoms with E-state index in [0.717, 1.165) is 6.54 Å². The van der Waals surface area contributed by atoms with Gasteiger partial charge in [-0.1, -0.05) is 0 Å². The number of hydrazone groups is 1. The molecule has 0 bridgehead atoms. The first-order valence-corrected chi connectivity index (χ1v) is 4.08. The molecule has 0 radical (unpaired) electrons. The van der Waals surface area contributed by atoms with Crippen molar-refractivity contribution in [3.63, 3.8) is 0 Å². The highest BCUT2D eigenvalue weighted by atomic mass is 19.1. The molecule has 0 aromatic carbocycles. The molecule has 0 amide bonds. The number of halogens is 1. The number of pyridine rings is 1. The van der Waals surface area contributed by atoms with Gasteiger partial charge in [0.25, 0.3) is 0 Å². The van der Waals surface area contributed by atoms with E-state index in [1.165, 1.54) is 12.3 Å². The Labute approximate surface area is 76.9 Å². The van der Waals surface area contributed by atoms with Gasteiger partial charge in [-0.25, -0.2) is 4.39 Å². The second-order valence-corrected chi connectivity index (χ2v) is 2.65. The van der Waals surface area contributed by atoms with Crippen molar-refractivity contribution in [3.8, 4) is 0 Å². The highest BCUT2D eigenvalue weighted by Gasteiger charge is 1.92. The van der Waals surface area contributed by atoms with Crippen LogP contribution in [0.4, 0.5) is 4.39 Å². The van der Waals surface area contributed by atoms with Gasteiger partial charge in [-0.2, -0.15) is 5.10 Å². The zero-order chi connectivity index (χ0) is 9.68. The van der Waals surface area contributed by atoms with Crippen molar-refractivity contribution in [3.05, 3.63) is 29.8 Å². The van der Waals surface area contributed by atoms with Crippen molar-refractivity contribution in [2.45, 2.75) is 6.92 Å². The second kappa shape index (κ2) is 4.54.